The number of piperidine rings is 1. The molecule has 24 heavy (non-hydrogen) atoms. The van der Waals surface area contributed by atoms with Crippen molar-refractivity contribution < 1.29 is 9.53 Å². The van der Waals surface area contributed by atoms with Gasteiger partial charge in [-0.15, -0.1) is 0 Å². The van der Waals surface area contributed by atoms with Crippen LogP contribution in [-0.2, 0) is 4.79 Å². The molecule has 1 aliphatic heterocycles. The largest absolute Gasteiger partial charge is 0.490 e. The summed E-state index contributed by atoms with van der Waals surface area (Å²) >= 11 is 0. The van der Waals surface area contributed by atoms with Crippen molar-refractivity contribution in [1.29, 1.82) is 0 Å². The van der Waals surface area contributed by atoms with Crippen LogP contribution in [0.15, 0.2) is 24.3 Å². The molecule has 1 saturated heterocycles. The van der Waals surface area contributed by atoms with Gasteiger partial charge >= 0.3 is 0 Å². The Hall–Kier alpha value is -1.59. The maximum Gasteiger partial charge on any atom is 0.238 e. The summed E-state index contributed by atoms with van der Waals surface area (Å²) in [4.78, 5) is 16.2. The van der Waals surface area contributed by atoms with Gasteiger partial charge in [0.25, 0.3) is 0 Å². The first kappa shape index (κ1) is 17.2. The molecule has 5 heteroatoms. The van der Waals surface area contributed by atoms with E-state index in [1.165, 1.54) is 32.4 Å². The van der Waals surface area contributed by atoms with Crippen molar-refractivity contribution in [2.24, 2.45) is 0 Å². The molecule has 2 fully saturated rings. The van der Waals surface area contributed by atoms with Crippen molar-refractivity contribution in [2.75, 3.05) is 39.0 Å². The zero-order chi connectivity index (χ0) is 16.9. The topological polar surface area (TPSA) is 44.8 Å². The molecule has 1 aliphatic carbocycles. The molecule has 1 amide bonds. The van der Waals surface area contributed by atoms with Crippen LogP contribution in [0.1, 0.15) is 32.1 Å². The van der Waals surface area contributed by atoms with E-state index in [4.69, 9.17) is 4.74 Å². The van der Waals surface area contributed by atoms with Crippen molar-refractivity contribution in [1.82, 2.24) is 9.80 Å². The Bertz CT molecular complexity index is 532. The summed E-state index contributed by atoms with van der Waals surface area (Å²) in [5.74, 6) is 0.889. The van der Waals surface area contributed by atoms with E-state index in [2.05, 4.69) is 10.2 Å². The fraction of sp³-hybridized carbons (Fsp3) is 0.632. The highest BCUT2D eigenvalue weighted by Crippen LogP contribution is 2.31. The van der Waals surface area contributed by atoms with Crippen LogP contribution in [0, 0.1) is 0 Å². The molecule has 1 aromatic rings. The van der Waals surface area contributed by atoms with Crippen LogP contribution in [0.5, 0.6) is 5.75 Å². The number of rotatable bonds is 6. The van der Waals surface area contributed by atoms with E-state index < -0.39 is 0 Å². The molecule has 0 unspecified atom stereocenters. The van der Waals surface area contributed by atoms with Crippen molar-refractivity contribution in [3.8, 4) is 5.75 Å². The number of anilines is 1. The van der Waals surface area contributed by atoms with Crippen LogP contribution in [0.2, 0.25) is 0 Å². The Kier molecular flexibility index (Phi) is 5.74. The highest BCUT2D eigenvalue weighted by Gasteiger charge is 2.35. The fourth-order valence-electron chi connectivity index (χ4n) is 3.51. The smallest absolute Gasteiger partial charge is 0.238 e. The summed E-state index contributed by atoms with van der Waals surface area (Å²) < 4.78 is 6.05. The predicted octanol–water partition coefficient (Wildman–Crippen LogP) is 2.58. The van der Waals surface area contributed by atoms with E-state index in [9.17, 15) is 4.79 Å². The van der Waals surface area contributed by atoms with Gasteiger partial charge in [0.1, 0.15) is 11.9 Å². The highest BCUT2D eigenvalue weighted by atomic mass is 16.5. The maximum absolute atomic E-state index is 11.7. The number of likely N-dealkylation sites (tertiary alicyclic amines) is 1. The average Bonchev–Trinajstić information content (AvgIpc) is 2.52. The zero-order valence-corrected chi connectivity index (χ0v) is 14.8. The van der Waals surface area contributed by atoms with E-state index in [0.717, 1.165) is 30.3 Å². The van der Waals surface area contributed by atoms with E-state index in [0.29, 0.717) is 12.6 Å². The predicted molar refractivity (Wildman–Crippen MR) is 96.5 cm³/mol. The fourth-order valence-corrected chi connectivity index (χ4v) is 3.51. The van der Waals surface area contributed by atoms with E-state index in [1.54, 1.807) is 0 Å². The quantitative estimate of drug-likeness (QED) is 0.870. The van der Waals surface area contributed by atoms with Crippen molar-refractivity contribution >= 4 is 11.6 Å². The normalized spacial score (nSPS) is 24.5. The molecule has 0 aromatic heterocycles. The van der Waals surface area contributed by atoms with Gasteiger partial charge in [-0.3, -0.25) is 4.79 Å². The molecular weight excluding hydrogens is 302 g/mol. The summed E-state index contributed by atoms with van der Waals surface area (Å²) in [5.41, 5.74) is 0.814. The van der Waals surface area contributed by atoms with Crippen molar-refractivity contribution in [2.45, 2.75) is 44.2 Å². The van der Waals surface area contributed by atoms with Crippen LogP contribution >= 0.6 is 0 Å². The second kappa shape index (κ2) is 7.99. The summed E-state index contributed by atoms with van der Waals surface area (Å²) in [6.07, 6.45) is 6.71. The Balaban J connectivity index is 1.41. The minimum atomic E-state index is -0.00275. The monoisotopic (exact) mass is 331 g/mol. The first-order valence-electron chi connectivity index (χ1n) is 9.05. The highest BCUT2D eigenvalue weighted by molar-refractivity contribution is 5.92. The lowest BCUT2D eigenvalue weighted by atomic mass is 9.86. The van der Waals surface area contributed by atoms with E-state index >= 15 is 0 Å². The lowest BCUT2D eigenvalue weighted by Crippen LogP contribution is -2.50. The molecule has 0 bridgehead atoms. The average molecular weight is 331 g/mol. The summed E-state index contributed by atoms with van der Waals surface area (Å²) in [6.45, 7) is 2.91. The minimum Gasteiger partial charge on any atom is -0.490 e. The Labute approximate surface area is 145 Å². The molecule has 3 rings (SSSR count). The van der Waals surface area contributed by atoms with Crippen LogP contribution in [-0.4, -0.2) is 61.6 Å². The Morgan fingerprint density at radius 1 is 1.17 bits per heavy atom. The van der Waals surface area contributed by atoms with Gasteiger partial charge in [-0.1, -0.05) is 6.42 Å². The summed E-state index contributed by atoms with van der Waals surface area (Å²) in [6, 6.07) is 8.42. The molecule has 1 aromatic carbocycles. The molecule has 0 radical (unpaired) electrons. The molecule has 1 N–H and O–H groups in total. The number of benzene rings is 1. The third-order valence-corrected chi connectivity index (χ3v) is 4.88. The van der Waals surface area contributed by atoms with Gasteiger partial charge in [-0.2, -0.15) is 0 Å². The molecule has 132 valence electrons. The van der Waals surface area contributed by atoms with Gasteiger partial charge < -0.3 is 19.9 Å². The number of carbonyl (C=O) groups excluding carboxylic acids is 1. The van der Waals surface area contributed by atoms with Crippen LogP contribution in [0.4, 0.5) is 5.69 Å². The van der Waals surface area contributed by atoms with Gasteiger partial charge in [-0.25, -0.2) is 0 Å². The number of ether oxygens (including phenoxy) is 1. The standard InChI is InChI=1S/C19H29N3O2/c1-21(2)14-19(23)20-15-6-8-17(9-7-15)24-18-12-16(13-18)22-10-4-3-5-11-22/h6-9,16,18H,3-5,10-14H2,1-2H3,(H,20,23). The second-order valence-electron chi connectivity index (χ2n) is 7.27. The SMILES string of the molecule is CN(C)CC(=O)Nc1ccc(OC2CC(N3CCCCC3)C2)cc1. The molecule has 0 spiro atoms. The molecule has 0 atom stereocenters. The van der Waals surface area contributed by atoms with E-state index in [-0.39, 0.29) is 5.91 Å². The van der Waals surface area contributed by atoms with Gasteiger partial charge in [0.2, 0.25) is 5.91 Å². The van der Waals surface area contributed by atoms with Gasteiger partial charge in [-0.05, 0) is 64.3 Å². The molecule has 1 saturated carbocycles. The number of carbonyl (C=O) groups is 1. The second-order valence-corrected chi connectivity index (χ2v) is 7.27. The molecule has 5 nitrogen and oxygen atoms in total. The number of hydrogen-bond donors (Lipinski definition) is 1. The third-order valence-electron chi connectivity index (χ3n) is 4.88. The number of likely N-dealkylation sites (N-methyl/N-ethyl adjacent to an activating group) is 1. The van der Waals surface area contributed by atoms with Crippen LogP contribution in [0.25, 0.3) is 0 Å². The number of hydrogen-bond acceptors (Lipinski definition) is 4. The van der Waals surface area contributed by atoms with Crippen LogP contribution in [0.3, 0.4) is 0 Å². The number of amides is 1. The molecule has 2 aliphatic rings. The lowest BCUT2D eigenvalue weighted by molar-refractivity contribution is -0.116. The Morgan fingerprint density at radius 3 is 2.46 bits per heavy atom. The minimum absolute atomic E-state index is 0.00275. The first-order chi connectivity index (χ1) is 11.6. The first-order valence-corrected chi connectivity index (χ1v) is 9.05. The number of nitrogens with zero attached hydrogens (tertiary/aromatic N) is 2. The molecular formula is C19H29N3O2. The Morgan fingerprint density at radius 2 is 1.83 bits per heavy atom. The summed E-state index contributed by atoms with van der Waals surface area (Å²) in [5, 5.41) is 2.89. The third kappa shape index (κ3) is 4.71. The van der Waals surface area contributed by atoms with Crippen molar-refractivity contribution in [3.63, 3.8) is 0 Å². The maximum atomic E-state index is 11.7. The zero-order valence-electron chi connectivity index (χ0n) is 14.8. The van der Waals surface area contributed by atoms with Gasteiger partial charge in [0.15, 0.2) is 0 Å². The van der Waals surface area contributed by atoms with Crippen LogP contribution < -0.4 is 10.1 Å². The summed E-state index contributed by atoms with van der Waals surface area (Å²) in [7, 11) is 3.76. The lowest BCUT2D eigenvalue weighted by Gasteiger charge is -2.44. The van der Waals surface area contributed by atoms with Gasteiger partial charge in [0, 0.05) is 24.6 Å². The van der Waals surface area contributed by atoms with E-state index in [1.807, 2.05) is 43.3 Å². The number of nitrogens with one attached hydrogen (secondary N) is 1. The van der Waals surface area contributed by atoms with Crippen molar-refractivity contribution in [3.05, 3.63) is 24.3 Å². The van der Waals surface area contributed by atoms with Gasteiger partial charge in [0.05, 0.1) is 6.54 Å². The molecule has 1 heterocycles.